The number of aromatic nitrogens is 1. The highest BCUT2D eigenvalue weighted by molar-refractivity contribution is 5.30. The van der Waals surface area contributed by atoms with Crippen LogP contribution in [0, 0.1) is 6.92 Å². The first-order chi connectivity index (χ1) is 8.63. The lowest BCUT2D eigenvalue weighted by Crippen LogP contribution is -2.38. The molecule has 0 bridgehead atoms. The summed E-state index contributed by atoms with van der Waals surface area (Å²) >= 11 is 0. The van der Waals surface area contributed by atoms with E-state index in [9.17, 15) is 0 Å². The molecule has 100 valence electrons. The van der Waals surface area contributed by atoms with Crippen molar-refractivity contribution in [3.63, 3.8) is 0 Å². The lowest BCUT2D eigenvalue weighted by atomic mass is 9.94. The van der Waals surface area contributed by atoms with Gasteiger partial charge in [0.2, 0.25) is 5.88 Å². The van der Waals surface area contributed by atoms with Crippen molar-refractivity contribution in [2.45, 2.75) is 52.1 Å². The van der Waals surface area contributed by atoms with Gasteiger partial charge in [0, 0.05) is 23.8 Å². The van der Waals surface area contributed by atoms with Gasteiger partial charge in [0.15, 0.2) is 0 Å². The van der Waals surface area contributed by atoms with Crippen molar-refractivity contribution in [3.05, 3.63) is 23.4 Å². The summed E-state index contributed by atoms with van der Waals surface area (Å²) in [7, 11) is 1.68. The Morgan fingerprint density at radius 3 is 2.78 bits per heavy atom. The lowest BCUT2D eigenvalue weighted by Gasteiger charge is -2.38. The highest BCUT2D eigenvalue weighted by Gasteiger charge is 2.26. The van der Waals surface area contributed by atoms with E-state index in [-0.39, 0.29) is 0 Å². The van der Waals surface area contributed by atoms with Gasteiger partial charge in [-0.25, -0.2) is 4.98 Å². The van der Waals surface area contributed by atoms with E-state index in [4.69, 9.17) is 4.74 Å². The first-order valence-electron chi connectivity index (χ1n) is 6.89. The van der Waals surface area contributed by atoms with Crippen molar-refractivity contribution >= 4 is 0 Å². The Labute approximate surface area is 110 Å². The zero-order valence-corrected chi connectivity index (χ0v) is 11.9. The van der Waals surface area contributed by atoms with Gasteiger partial charge in [-0.1, -0.05) is 6.42 Å². The van der Waals surface area contributed by atoms with E-state index in [2.05, 4.69) is 36.7 Å². The van der Waals surface area contributed by atoms with Gasteiger partial charge in [0.25, 0.3) is 0 Å². The largest absolute Gasteiger partial charge is 0.481 e. The number of nitrogens with zero attached hydrogens (tertiary/aromatic N) is 2. The Kier molecular flexibility index (Phi) is 4.23. The Bertz CT molecular complexity index is 403. The molecule has 1 aromatic rings. The zero-order valence-electron chi connectivity index (χ0n) is 11.9. The summed E-state index contributed by atoms with van der Waals surface area (Å²) in [6.45, 7) is 7.83. The van der Waals surface area contributed by atoms with E-state index < -0.39 is 0 Å². The second-order valence-corrected chi connectivity index (χ2v) is 5.44. The Morgan fingerprint density at radius 1 is 1.39 bits per heavy atom. The SMILES string of the molecule is COc1ncc(C2CCCCN2C(C)C)cc1C. The predicted octanol–water partition coefficient (Wildman–Crippen LogP) is 3.33. The third kappa shape index (κ3) is 2.66. The van der Waals surface area contributed by atoms with E-state index in [1.54, 1.807) is 7.11 Å². The average Bonchev–Trinajstić information content (AvgIpc) is 2.38. The molecular formula is C15H24N2O. The van der Waals surface area contributed by atoms with Crippen LogP contribution in [0.5, 0.6) is 5.88 Å². The number of methoxy groups -OCH3 is 1. The summed E-state index contributed by atoms with van der Waals surface area (Å²) in [5, 5.41) is 0. The van der Waals surface area contributed by atoms with Gasteiger partial charge in [-0.3, -0.25) is 4.90 Å². The predicted molar refractivity (Wildman–Crippen MR) is 74.0 cm³/mol. The number of hydrogen-bond donors (Lipinski definition) is 0. The van der Waals surface area contributed by atoms with E-state index in [0.29, 0.717) is 12.1 Å². The molecular weight excluding hydrogens is 224 g/mol. The summed E-state index contributed by atoms with van der Waals surface area (Å²) in [5.41, 5.74) is 2.46. The zero-order chi connectivity index (χ0) is 13.1. The van der Waals surface area contributed by atoms with Crippen LogP contribution in [0.25, 0.3) is 0 Å². The number of hydrogen-bond acceptors (Lipinski definition) is 3. The number of rotatable bonds is 3. The first-order valence-corrected chi connectivity index (χ1v) is 6.89. The van der Waals surface area contributed by atoms with Crippen LogP contribution >= 0.6 is 0 Å². The van der Waals surface area contributed by atoms with Crippen LogP contribution in [0.4, 0.5) is 0 Å². The molecule has 0 amide bonds. The molecule has 18 heavy (non-hydrogen) atoms. The minimum atomic E-state index is 0.524. The summed E-state index contributed by atoms with van der Waals surface area (Å²) in [6.07, 6.45) is 5.86. The van der Waals surface area contributed by atoms with Crippen LogP contribution in [0.1, 0.15) is 50.3 Å². The summed E-state index contributed by atoms with van der Waals surface area (Å²) in [6, 6.07) is 3.35. The van der Waals surface area contributed by atoms with Gasteiger partial charge in [0.1, 0.15) is 0 Å². The third-order valence-corrected chi connectivity index (χ3v) is 3.84. The van der Waals surface area contributed by atoms with E-state index >= 15 is 0 Å². The maximum absolute atomic E-state index is 5.24. The molecule has 1 saturated heterocycles. The number of likely N-dealkylation sites (tertiary alicyclic amines) is 1. The standard InChI is InChI=1S/C15H24N2O/c1-11(2)17-8-6-5-7-14(17)13-9-12(3)15(18-4)16-10-13/h9-11,14H,5-8H2,1-4H3. The lowest BCUT2D eigenvalue weighted by molar-refractivity contribution is 0.111. The monoisotopic (exact) mass is 248 g/mol. The molecule has 1 unspecified atom stereocenters. The molecule has 2 heterocycles. The van der Waals surface area contributed by atoms with E-state index in [1.807, 2.05) is 6.20 Å². The van der Waals surface area contributed by atoms with Crippen LogP contribution in [-0.2, 0) is 0 Å². The van der Waals surface area contributed by atoms with Gasteiger partial charge in [-0.05, 0) is 51.8 Å². The van der Waals surface area contributed by atoms with Crippen LogP contribution < -0.4 is 4.74 Å². The third-order valence-electron chi connectivity index (χ3n) is 3.84. The van der Waals surface area contributed by atoms with Crippen LogP contribution in [0.3, 0.4) is 0 Å². The van der Waals surface area contributed by atoms with Crippen molar-refractivity contribution in [1.82, 2.24) is 9.88 Å². The van der Waals surface area contributed by atoms with Gasteiger partial charge >= 0.3 is 0 Å². The Hall–Kier alpha value is -1.09. The number of aryl methyl sites for hydroxylation is 1. The number of ether oxygens (including phenoxy) is 1. The molecule has 0 aromatic carbocycles. The highest BCUT2D eigenvalue weighted by atomic mass is 16.5. The van der Waals surface area contributed by atoms with E-state index in [1.165, 1.54) is 31.4 Å². The molecule has 0 saturated carbocycles. The molecule has 1 aromatic heterocycles. The first kappa shape index (κ1) is 13.3. The molecule has 2 rings (SSSR count). The minimum absolute atomic E-state index is 0.524. The molecule has 3 heteroatoms. The quantitative estimate of drug-likeness (QED) is 0.820. The highest BCUT2D eigenvalue weighted by Crippen LogP contribution is 2.33. The second-order valence-electron chi connectivity index (χ2n) is 5.44. The fraction of sp³-hybridized carbons (Fsp3) is 0.667. The molecule has 0 N–H and O–H groups in total. The van der Waals surface area contributed by atoms with E-state index in [0.717, 1.165) is 11.4 Å². The molecule has 0 aliphatic carbocycles. The molecule has 0 spiro atoms. The van der Waals surface area contributed by atoms with Gasteiger partial charge in [0.05, 0.1) is 7.11 Å². The van der Waals surface area contributed by atoms with Crippen LogP contribution in [0.2, 0.25) is 0 Å². The summed E-state index contributed by atoms with van der Waals surface area (Å²) in [4.78, 5) is 7.01. The Morgan fingerprint density at radius 2 is 2.17 bits per heavy atom. The van der Waals surface area contributed by atoms with Gasteiger partial charge in [-0.15, -0.1) is 0 Å². The number of piperidine rings is 1. The fourth-order valence-corrected chi connectivity index (χ4v) is 2.91. The van der Waals surface area contributed by atoms with Crippen molar-refractivity contribution < 1.29 is 4.74 Å². The molecule has 0 radical (unpaired) electrons. The van der Waals surface area contributed by atoms with Crippen LogP contribution in [0.15, 0.2) is 12.3 Å². The molecule has 1 aliphatic heterocycles. The summed E-state index contributed by atoms with van der Waals surface area (Å²) in [5.74, 6) is 0.741. The van der Waals surface area contributed by atoms with Crippen molar-refractivity contribution in [3.8, 4) is 5.88 Å². The minimum Gasteiger partial charge on any atom is -0.481 e. The van der Waals surface area contributed by atoms with Gasteiger partial charge in [-0.2, -0.15) is 0 Å². The topological polar surface area (TPSA) is 25.4 Å². The molecule has 1 aliphatic rings. The Balaban J connectivity index is 2.25. The van der Waals surface area contributed by atoms with Crippen molar-refractivity contribution in [2.24, 2.45) is 0 Å². The maximum Gasteiger partial charge on any atom is 0.215 e. The molecule has 1 fully saturated rings. The maximum atomic E-state index is 5.24. The number of pyridine rings is 1. The molecule has 1 atom stereocenters. The smallest absolute Gasteiger partial charge is 0.215 e. The molecule has 3 nitrogen and oxygen atoms in total. The van der Waals surface area contributed by atoms with Crippen molar-refractivity contribution in [2.75, 3.05) is 13.7 Å². The summed E-state index contributed by atoms with van der Waals surface area (Å²) < 4.78 is 5.24. The fourth-order valence-electron chi connectivity index (χ4n) is 2.91. The van der Waals surface area contributed by atoms with Gasteiger partial charge < -0.3 is 4.74 Å². The average molecular weight is 248 g/mol. The van der Waals surface area contributed by atoms with Crippen molar-refractivity contribution in [1.29, 1.82) is 0 Å². The normalized spacial score (nSPS) is 21.3. The second kappa shape index (κ2) is 5.70. The van der Waals surface area contributed by atoms with Crippen LogP contribution in [-0.4, -0.2) is 29.6 Å².